The fourth-order valence-electron chi connectivity index (χ4n) is 2.31. The van der Waals surface area contributed by atoms with Crippen molar-refractivity contribution in [1.82, 2.24) is 14.5 Å². The number of rotatable bonds is 4. The van der Waals surface area contributed by atoms with Gasteiger partial charge >= 0.3 is 0 Å². The smallest absolute Gasteiger partial charge is 0.178 e. The number of hydrogen-bond acceptors (Lipinski definition) is 3. The quantitative estimate of drug-likeness (QED) is 0.750. The molecule has 0 atom stereocenters. The molecular weight excluding hydrogens is 289 g/mol. The van der Waals surface area contributed by atoms with Crippen molar-refractivity contribution in [1.29, 1.82) is 0 Å². The maximum atomic E-state index is 13.7. The lowest BCUT2D eigenvalue weighted by Gasteiger charge is -2.06. The summed E-state index contributed by atoms with van der Waals surface area (Å²) in [4.78, 5) is 7.31. The molecule has 0 bridgehead atoms. The van der Waals surface area contributed by atoms with Crippen LogP contribution in [-0.2, 0) is 13.0 Å². The van der Waals surface area contributed by atoms with E-state index < -0.39 is 5.82 Å². The number of ether oxygens (including phenoxy) is 1. The van der Waals surface area contributed by atoms with Crippen molar-refractivity contribution >= 4 is 23.3 Å². The first-order valence-corrected chi connectivity index (χ1v) is 6.96. The Morgan fingerprint density at radius 2 is 2.24 bits per heavy atom. The van der Waals surface area contributed by atoms with Crippen molar-refractivity contribution in [3.63, 3.8) is 0 Å². The summed E-state index contributed by atoms with van der Waals surface area (Å²) in [5.41, 5.74) is 2.48. The molecule has 0 aliphatic carbocycles. The van der Waals surface area contributed by atoms with Gasteiger partial charge < -0.3 is 14.3 Å². The molecule has 0 aliphatic heterocycles. The zero-order valence-corrected chi connectivity index (χ0v) is 12.3. The van der Waals surface area contributed by atoms with Crippen molar-refractivity contribution in [2.24, 2.45) is 0 Å². The molecule has 2 aromatic heterocycles. The molecule has 0 aliphatic rings. The molecule has 108 valence electrons. The Morgan fingerprint density at radius 1 is 1.38 bits per heavy atom. The van der Waals surface area contributed by atoms with Crippen LogP contribution in [0, 0.1) is 10.6 Å². The molecule has 0 fully saturated rings. The third kappa shape index (κ3) is 2.67. The molecule has 1 N–H and O–H groups in total. The Hall–Kier alpha value is -2.21. The first-order valence-electron chi connectivity index (χ1n) is 6.55. The molecule has 21 heavy (non-hydrogen) atoms. The van der Waals surface area contributed by atoms with E-state index in [1.54, 1.807) is 12.3 Å². The van der Waals surface area contributed by atoms with Gasteiger partial charge in [0.15, 0.2) is 16.3 Å². The highest BCUT2D eigenvalue weighted by Gasteiger charge is 2.10. The number of methoxy groups -OCH3 is 1. The first-order chi connectivity index (χ1) is 10.2. The van der Waals surface area contributed by atoms with E-state index >= 15 is 0 Å². The summed E-state index contributed by atoms with van der Waals surface area (Å²) in [5.74, 6) is -0.193. The normalized spacial score (nSPS) is 11.0. The molecule has 2 heterocycles. The Balaban J connectivity index is 1.98. The zero-order valence-electron chi connectivity index (χ0n) is 11.5. The predicted octanol–water partition coefficient (Wildman–Crippen LogP) is 3.48. The lowest BCUT2D eigenvalue weighted by atomic mass is 10.2. The van der Waals surface area contributed by atoms with Gasteiger partial charge in [-0.15, -0.1) is 0 Å². The van der Waals surface area contributed by atoms with Gasteiger partial charge in [0.2, 0.25) is 0 Å². The van der Waals surface area contributed by atoms with E-state index in [0.717, 1.165) is 17.6 Å². The summed E-state index contributed by atoms with van der Waals surface area (Å²) in [6.07, 6.45) is 2.52. The molecule has 0 spiro atoms. The van der Waals surface area contributed by atoms with Crippen molar-refractivity contribution in [3.05, 3.63) is 52.8 Å². The number of halogens is 1. The Kier molecular flexibility index (Phi) is 3.70. The minimum absolute atomic E-state index is 0.211. The van der Waals surface area contributed by atoms with Crippen LogP contribution >= 0.6 is 12.2 Å². The maximum Gasteiger partial charge on any atom is 0.178 e. The molecule has 0 radical (unpaired) electrons. The Labute approximate surface area is 126 Å². The molecule has 4 nitrogen and oxygen atoms in total. The standard InChI is InChI=1S/C15H14FN3OS/c1-20-14-9-13-12(8-11(14)16)18-15(21)19(13)7-5-10-4-2-3-6-17-10/h2-4,6,8-9H,5,7H2,1H3,(H,18,21). The van der Waals surface area contributed by atoms with Crippen LogP contribution in [0.25, 0.3) is 11.0 Å². The van der Waals surface area contributed by atoms with Crippen LogP contribution in [0.2, 0.25) is 0 Å². The number of H-pyrrole nitrogens is 1. The van der Waals surface area contributed by atoms with E-state index in [2.05, 4.69) is 9.97 Å². The third-order valence-electron chi connectivity index (χ3n) is 3.37. The number of imidazole rings is 1. The minimum atomic E-state index is -0.405. The van der Waals surface area contributed by atoms with Crippen LogP contribution in [0.1, 0.15) is 5.69 Å². The monoisotopic (exact) mass is 303 g/mol. The van der Waals surface area contributed by atoms with Crippen molar-refractivity contribution in [3.8, 4) is 5.75 Å². The highest BCUT2D eigenvalue weighted by molar-refractivity contribution is 7.71. The van der Waals surface area contributed by atoms with E-state index in [0.29, 0.717) is 16.8 Å². The van der Waals surface area contributed by atoms with Crippen LogP contribution < -0.4 is 4.74 Å². The van der Waals surface area contributed by atoms with Gasteiger partial charge in [0, 0.05) is 37.0 Å². The molecule has 0 saturated carbocycles. The molecule has 0 unspecified atom stereocenters. The summed E-state index contributed by atoms with van der Waals surface area (Å²) >= 11 is 5.31. The fraction of sp³-hybridized carbons (Fsp3) is 0.200. The largest absolute Gasteiger partial charge is 0.494 e. The Morgan fingerprint density at radius 3 is 2.95 bits per heavy atom. The molecular formula is C15H14FN3OS. The van der Waals surface area contributed by atoms with Gasteiger partial charge in [0.05, 0.1) is 18.1 Å². The predicted molar refractivity (Wildman–Crippen MR) is 81.6 cm³/mol. The number of aromatic amines is 1. The maximum absolute atomic E-state index is 13.7. The highest BCUT2D eigenvalue weighted by Crippen LogP contribution is 2.24. The van der Waals surface area contributed by atoms with Gasteiger partial charge in [0.1, 0.15) is 0 Å². The second-order valence-corrected chi connectivity index (χ2v) is 5.04. The van der Waals surface area contributed by atoms with Gasteiger partial charge in [-0.25, -0.2) is 4.39 Å². The third-order valence-corrected chi connectivity index (χ3v) is 3.69. The number of benzene rings is 1. The molecule has 3 rings (SSSR count). The lowest BCUT2D eigenvalue weighted by Crippen LogP contribution is -2.02. The van der Waals surface area contributed by atoms with Crippen molar-refractivity contribution in [2.75, 3.05) is 7.11 Å². The molecule has 6 heteroatoms. The number of nitrogens with one attached hydrogen (secondary N) is 1. The average molecular weight is 303 g/mol. The Bertz CT molecular complexity index is 826. The second kappa shape index (κ2) is 5.65. The van der Waals surface area contributed by atoms with E-state index in [1.165, 1.54) is 13.2 Å². The summed E-state index contributed by atoms with van der Waals surface area (Å²) in [7, 11) is 1.45. The van der Waals surface area contributed by atoms with Gasteiger partial charge in [-0.05, 0) is 24.4 Å². The topological polar surface area (TPSA) is 42.8 Å². The van der Waals surface area contributed by atoms with Gasteiger partial charge in [-0.3, -0.25) is 4.98 Å². The summed E-state index contributed by atoms with van der Waals surface area (Å²) in [6.45, 7) is 0.671. The summed E-state index contributed by atoms with van der Waals surface area (Å²) in [6, 6.07) is 8.87. The lowest BCUT2D eigenvalue weighted by molar-refractivity contribution is 0.387. The second-order valence-electron chi connectivity index (χ2n) is 4.66. The molecule has 3 aromatic rings. The number of nitrogens with zero attached hydrogens (tertiary/aromatic N) is 2. The average Bonchev–Trinajstić information content (AvgIpc) is 2.79. The number of aromatic nitrogens is 3. The number of aryl methyl sites for hydroxylation is 2. The number of pyridine rings is 1. The van der Waals surface area contributed by atoms with Gasteiger partial charge in [0.25, 0.3) is 0 Å². The fourth-order valence-corrected chi connectivity index (χ4v) is 2.61. The van der Waals surface area contributed by atoms with E-state index in [-0.39, 0.29) is 5.75 Å². The summed E-state index contributed by atoms with van der Waals surface area (Å²) < 4.78 is 21.2. The van der Waals surface area contributed by atoms with Crippen LogP contribution in [0.15, 0.2) is 36.5 Å². The number of hydrogen-bond donors (Lipinski definition) is 1. The van der Waals surface area contributed by atoms with Crippen molar-refractivity contribution in [2.45, 2.75) is 13.0 Å². The van der Waals surface area contributed by atoms with Crippen LogP contribution in [0.5, 0.6) is 5.75 Å². The van der Waals surface area contributed by atoms with E-state index in [1.807, 2.05) is 22.8 Å². The van der Waals surface area contributed by atoms with Gasteiger partial charge in [-0.1, -0.05) is 6.07 Å². The SMILES string of the molecule is COc1cc2c(cc1F)[nH]c(=S)n2CCc1ccccn1. The van der Waals surface area contributed by atoms with Crippen molar-refractivity contribution < 1.29 is 9.13 Å². The molecule has 0 saturated heterocycles. The molecule has 0 amide bonds. The zero-order chi connectivity index (χ0) is 14.8. The van der Waals surface area contributed by atoms with Crippen LogP contribution in [-0.4, -0.2) is 21.6 Å². The highest BCUT2D eigenvalue weighted by atomic mass is 32.1. The number of fused-ring (bicyclic) bond motifs is 1. The molecule has 1 aromatic carbocycles. The van der Waals surface area contributed by atoms with E-state index in [4.69, 9.17) is 17.0 Å². The summed E-state index contributed by atoms with van der Waals surface area (Å²) in [5, 5.41) is 0. The van der Waals surface area contributed by atoms with Crippen LogP contribution in [0.3, 0.4) is 0 Å². The first kappa shape index (κ1) is 13.8. The van der Waals surface area contributed by atoms with Crippen LogP contribution in [0.4, 0.5) is 4.39 Å². The van der Waals surface area contributed by atoms with E-state index in [9.17, 15) is 4.39 Å². The minimum Gasteiger partial charge on any atom is -0.494 e. The van der Waals surface area contributed by atoms with Gasteiger partial charge in [-0.2, -0.15) is 0 Å².